The predicted octanol–water partition coefficient (Wildman–Crippen LogP) is 10.2. The van der Waals surface area contributed by atoms with Crippen molar-refractivity contribution in [2.45, 2.75) is 76.5 Å². The molecule has 46 heavy (non-hydrogen) atoms. The van der Waals surface area contributed by atoms with Crippen LogP contribution in [0.3, 0.4) is 0 Å². The highest BCUT2D eigenvalue weighted by Crippen LogP contribution is 2.48. The quantitative estimate of drug-likeness (QED) is 0.252. The number of aromatic carboxylic acids is 1. The number of rotatable bonds is 8. The Morgan fingerprint density at radius 2 is 1.57 bits per heavy atom. The Kier molecular flexibility index (Phi) is 8.73. The highest BCUT2D eigenvalue weighted by Gasteiger charge is 2.43. The topological polar surface area (TPSA) is 43.5 Å². The summed E-state index contributed by atoms with van der Waals surface area (Å²) < 4.78 is 2.43. The predicted molar refractivity (Wildman–Crippen MR) is 193 cm³/mol. The highest BCUT2D eigenvalue weighted by molar-refractivity contribution is 8.03. The van der Waals surface area contributed by atoms with Gasteiger partial charge in [0.05, 0.1) is 11.0 Å². The normalized spacial score (nSPS) is 20.3. The molecule has 0 amide bonds. The van der Waals surface area contributed by atoms with Crippen LogP contribution in [0.5, 0.6) is 0 Å². The monoisotopic (exact) mass is 629 g/mol. The van der Waals surface area contributed by atoms with Gasteiger partial charge in [-0.3, -0.25) is 0 Å². The van der Waals surface area contributed by atoms with Gasteiger partial charge in [-0.15, -0.1) is 0 Å². The van der Waals surface area contributed by atoms with Gasteiger partial charge in [-0.05, 0) is 87.9 Å². The third-order valence-electron chi connectivity index (χ3n) is 9.92. The molecule has 236 valence electrons. The van der Waals surface area contributed by atoms with Crippen molar-refractivity contribution in [3.63, 3.8) is 0 Å². The van der Waals surface area contributed by atoms with Gasteiger partial charge in [-0.25, -0.2) is 4.79 Å². The van der Waals surface area contributed by atoms with Crippen molar-refractivity contribution in [3.8, 4) is 0 Å². The van der Waals surface area contributed by atoms with Gasteiger partial charge in [0.25, 0.3) is 0 Å². The van der Waals surface area contributed by atoms with E-state index < -0.39 is 5.97 Å². The molecular formula is C41H45N2O2S+. The molecule has 1 N–H and O–H groups in total. The van der Waals surface area contributed by atoms with E-state index in [4.69, 9.17) is 0 Å². The van der Waals surface area contributed by atoms with Crippen LogP contribution in [0.1, 0.15) is 82.3 Å². The average Bonchev–Trinajstić information content (AvgIpc) is 3.41. The van der Waals surface area contributed by atoms with Gasteiger partial charge >= 0.3 is 5.97 Å². The van der Waals surface area contributed by atoms with Crippen molar-refractivity contribution >= 4 is 34.8 Å². The molecule has 3 aromatic rings. The average molecular weight is 630 g/mol. The maximum Gasteiger partial charge on any atom is 0.336 e. The number of para-hydroxylation sites is 2. The molecule has 3 aliphatic rings. The summed E-state index contributed by atoms with van der Waals surface area (Å²) in [5.41, 5.74) is 10.5. The van der Waals surface area contributed by atoms with Crippen molar-refractivity contribution in [2.24, 2.45) is 0 Å². The van der Waals surface area contributed by atoms with E-state index in [0.29, 0.717) is 5.56 Å². The minimum Gasteiger partial charge on any atom is -0.478 e. The lowest BCUT2D eigenvalue weighted by atomic mass is 9.81. The number of thioether (sulfide) groups is 1. The van der Waals surface area contributed by atoms with Gasteiger partial charge < -0.3 is 10.0 Å². The Balaban J connectivity index is 1.47. The van der Waals surface area contributed by atoms with Crippen LogP contribution in [-0.4, -0.2) is 34.5 Å². The zero-order chi connectivity index (χ0) is 32.6. The fourth-order valence-corrected chi connectivity index (χ4v) is 8.75. The Labute approximate surface area is 278 Å². The van der Waals surface area contributed by atoms with Gasteiger partial charge in [-0.2, -0.15) is 4.58 Å². The molecule has 0 atom stereocenters. The van der Waals surface area contributed by atoms with Gasteiger partial charge in [0.2, 0.25) is 5.69 Å². The molecule has 0 spiro atoms. The summed E-state index contributed by atoms with van der Waals surface area (Å²) in [5, 5.41) is 10.0. The zero-order valence-corrected chi connectivity index (χ0v) is 28.7. The van der Waals surface area contributed by atoms with Crippen LogP contribution in [0.2, 0.25) is 0 Å². The number of carboxylic acid groups (broad SMARTS) is 1. The van der Waals surface area contributed by atoms with E-state index in [1.807, 2.05) is 12.1 Å². The number of benzene rings is 3. The van der Waals surface area contributed by atoms with Crippen LogP contribution >= 0.6 is 11.8 Å². The summed E-state index contributed by atoms with van der Waals surface area (Å²) in [4.78, 5) is 16.6. The first-order valence-corrected chi connectivity index (χ1v) is 17.4. The molecule has 5 heteroatoms. The van der Waals surface area contributed by atoms with Crippen LogP contribution < -0.4 is 4.90 Å². The standard InChI is InChI=1S/C41H44N2O2S/c1-7-42-33-21-12-10-19-31(33)40(3,4)36(42)26-24-28-16-15-17-29(38(28)46-35-23-14-9-18-30(35)39(44)45)25-27-37-41(5,6)32-20-11-13-22-34(32)43(37)8-2/h9-14,18-27H,7-8,15-17H2,1-6H3/p+1. The molecule has 2 aliphatic heterocycles. The Morgan fingerprint density at radius 1 is 0.870 bits per heavy atom. The second-order valence-corrected chi connectivity index (χ2v) is 14.4. The maximum absolute atomic E-state index is 12.2. The fourth-order valence-electron chi connectivity index (χ4n) is 7.52. The number of fused-ring (bicyclic) bond motifs is 2. The van der Waals surface area contributed by atoms with E-state index in [1.165, 1.54) is 50.0 Å². The second kappa shape index (κ2) is 12.6. The molecule has 0 unspecified atom stereocenters. The number of nitrogens with zero attached hydrogens (tertiary/aromatic N) is 2. The van der Waals surface area contributed by atoms with E-state index >= 15 is 0 Å². The van der Waals surface area contributed by atoms with Crippen LogP contribution in [0.15, 0.2) is 124 Å². The number of carboxylic acids is 1. The highest BCUT2D eigenvalue weighted by atomic mass is 32.2. The van der Waals surface area contributed by atoms with Crippen LogP contribution in [0.25, 0.3) is 0 Å². The van der Waals surface area contributed by atoms with E-state index in [2.05, 4.69) is 124 Å². The number of carbonyl (C=O) groups is 1. The molecule has 3 aromatic carbocycles. The summed E-state index contributed by atoms with van der Waals surface area (Å²) in [6.45, 7) is 15.5. The largest absolute Gasteiger partial charge is 0.478 e. The lowest BCUT2D eigenvalue weighted by molar-refractivity contribution is -0.433. The minimum absolute atomic E-state index is 0.114. The van der Waals surface area contributed by atoms with Crippen molar-refractivity contribution in [1.82, 2.24) is 0 Å². The Hall–Kier alpha value is -4.09. The van der Waals surface area contributed by atoms with Crippen molar-refractivity contribution in [3.05, 3.63) is 136 Å². The molecule has 0 saturated carbocycles. The SMILES string of the molecule is CCN1C(=CC=C2CCCC(C=CC3=[N+](CC)c4ccccc4C3(C)C)=C2Sc2ccccc2C(=O)O)C(C)(C)c2ccccc21. The van der Waals surface area contributed by atoms with Gasteiger partial charge in [-0.1, -0.05) is 86.3 Å². The summed E-state index contributed by atoms with van der Waals surface area (Å²) in [6.07, 6.45) is 12.2. The van der Waals surface area contributed by atoms with Gasteiger partial charge in [0.15, 0.2) is 5.71 Å². The van der Waals surface area contributed by atoms with E-state index in [0.717, 1.165) is 37.2 Å². The summed E-state index contributed by atoms with van der Waals surface area (Å²) in [6, 6.07) is 24.8. The van der Waals surface area contributed by atoms with E-state index in [-0.39, 0.29) is 10.8 Å². The van der Waals surface area contributed by atoms with Gasteiger partial charge in [0, 0.05) is 50.9 Å². The third kappa shape index (κ3) is 5.49. The molecule has 1 aliphatic carbocycles. The number of hydrogen-bond acceptors (Lipinski definition) is 3. The number of anilines is 1. The van der Waals surface area contributed by atoms with E-state index in [1.54, 1.807) is 23.9 Å². The fraction of sp³-hybridized carbons (Fsp3) is 0.317. The zero-order valence-electron chi connectivity index (χ0n) is 27.9. The second-order valence-electron chi connectivity index (χ2n) is 13.3. The van der Waals surface area contributed by atoms with Crippen LogP contribution in [0, 0.1) is 0 Å². The number of allylic oxidation sites excluding steroid dienone is 7. The number of likely N-dealkylation sites (N-methyl/N-ethyl adjacent to an activating group) is 1. The van der Waals surface area contributed by atoms with Crippen LogP contribution in [0.4, 0.5) is 11.4 Å². The number of hydrogen-bond donors (Lipinski definition) is 1. The van der Waals surface area contributed by atoms with Crippen molar-refractivity contribution in [2.75, 3.05) is 18.0 Å². The molecule has 0 saturated heterocycles. The Bertz CT molecular complexity index is 1850. The molecule has 4 nitrogen and oxygen atoms in total. The summed E-state index contributed by atoms with van der Waals surface area (Å²) >= 11 is 1.60. The molecule has 0 fully saturated rings. The molecule has 0 aromatic heterocycles. The first kappa shape index (κ1) is 31.9. The maximum atomic E-state index is 12.2. The van der Waals surface area contributed by atoms with Crippen LogP contribution in [-0.2, 0) is 10.8 Å². The summed E-state index contributed by atoms with van der Waals surface area (Å²) in [7, 11) is 0. The first-order chi connectivity index (χ1) is 22.1. The lowest BCUT2D eigenvalue weighted by Crippen LogP contribution is -2.27. The van der Waals surface area contributed by atoms with E-state index in [9.17, 15) is 9.90 Å². The minimum atomic E-state index is -0.895. The summed E-state index contributed by atoms with van der Waals surface area (Å²) in [5.74, 6) is -0.895. The molecule has 2 heterocycles. The molecular weight excluding hydrogens is 585 g/mol. The smallest absolute Gasteiger partial charge is 0.336 e. The lowest BCUT2D eigenvalue weighted by Gasteiger charge is -2.26. The van der Waals surface area contributed by atoms with Crippen molar-refractivity contribution < 1.29 is 14.5 Å². The Morgan fingerprint density at radius 3 is 2.30 bits per heavy atom. The van der Waals surface area contributed by atoms with Crippen molar-refractivity contribution in [1.29, 1.82) is 0 Å². The first-order valence-electron chi connectivity index (χ1n) is 16.5. The van der Waals surface area contributed by atoms with Gasteiger partial charge in [0.1, 0.15) is 6.54 Å². The molecule has 6 rings (SSSR count). The molecule has 0 radical (unpaired) electrons. The molecule has 0 bridgehead atoms. The third-order valence-corrected chi connectivity index (χ3v) is 11.2.